The van der Waals surface area contributed by atoms with Crippen LogP contribution in [0.5, 0.6) is 0 Å². The fraction of sp³-hybridized carbons (Fsp3) is 0.812. The SMILES string of the molecule is CCC1CC(CC)C(C(=O)OC2COC(=O)C2)C1C(=O)OC. The zero-order valence-electron chi connectivity index (χ0n) is 13.4. The molecule has 1 heterocycles. The molecular formula is C16H24O6. The van der Waals surface area contributed by atoms with Crippen LogP contribution >= 0.6 is 0 Å². The van der Waals surface area contributed by atoms with E-state index in [0.29, 0.717) is 0 Å². The van der Waals surface area contributed by atoms with Gasteiger partial charge in [0.15, 0.2) is 0 Å². The van der Waals surface area contributed by atoms with E-state index in [1.165, 1.54) is 7.11 Å². The maximum Gasteiger partial charge on any atom is 0.310 e. The molecule has 6 heteroatoms. The Morgan fingerprint density at radius 2 is 1.73 bits per heavy atom. The molecule has 2 fully saturated rings. The van der Waals surface area contributed by atoms with E-state index in [0.717, 1.165) is 19.3 Å². The third-order valence-electron chi connectivity index (χ3n) is 4.91. The molecule has 0 radical (unpaired) electrons. The normalized spacial score (nSPS) is 34.3. The van der Waals surface area contributed by atoms with Gasteiger partial charge in [-0.2, -0.15) is 0 Å². The summed E-state index contributed by atoms with van der Waals surface area (Å²) in [6, 6.07) is 0. The Morgan fingerprint density at radius 3 is 2.18 bits per heavy atom. The second kappa shape index (κ2) is 7.11. The van der Waals surface area contributed by atoms with Crippen LogP contribution in [-0.2, 0) is 28.6 Å². The highest BCUT2D eigenvalue weighted by molar-refractivity contribution is 5.84. The highest BCUT2D eigenvalue weighted by atomic mass is 16.6. The van der Waals surface area contributed by atoms with E-state index in [9.17, 15) is 14.4 Å². The van der Waals surface area contributed by atoms with Gasteiger partial charge >= 0.3 is 17.9 Å². The monoisotopic (exact) mass is 312 g/mol. The Balaban J connectivity index is 2.13. The van der Waals surface area contributed by atoms with Crippen molar-refractivity contribution < 1.29 is 28.6 Å². The molecule has 0 aromatic heterocycles. The third-order valence-corrected chi connectivity index (χ3v) is 4.91. The van der Waals surface area contributed by atoms with Gasteiger partial charge in [0, 0.05) is 0 Å². The number of ether oxygens (including phenoxy) is 3. The summed E-state index contributed by atoms with van der Waals surface area (Å²) in [5.74, 6) is -1.79. The first kappa shape index (κ1) is 16.8. The summed E-state index contributed by atoms with van der Waals surface area (Å²) in [7, 11) is 1.35. The lowest BCUT2D eigenvalue weighted by Crippen LogP contribution is -2.35. The minimum atomic E-state index is -0.531. The van der Waals surface area contributed by atoms with Gasteiger partial charge in [-0.15, -0.1) is 0 Å². The molecule has 2 rings (SSSR count). The lowest BCUT2D eigenvalue weighted by atomic mass is 9.85. The Kier molecular flexibility index (Phi) is 5.42. The Labute approximate surface area is 130 Å². The molecule has 0 spiro atoms. The van der Waals surface area contributed by atoms with Gasteiger partial charge in [-0.1, -0.05) is 26.7 Å². The van der Waals surface area contributed by atoms with Crippen LogP contribution in [0.1, 0.15) is 39.5 Å². The van der Waals surface area contributed by atoms with Crippen molar-refractivity contribution in [1.82, 2.24) is 0 Å². The smallest absolute Gasteiger partial charge is 0.310 e. The summed E-state index contributed by atoms with van der Waals surface area (Å²) < 4.78 is 15.1. The van der Waals surface area contributed by atoms with Crippen molar-refractivity contribution in [1.29, 1.82) is 0 Å². The van der Waals surface area contributed by atoms with Crippen LogP contribution in [0.4, 0.5) is 0 Å². The molecule has 1 saturated carbocycles. The molecule has 5 atom stereocenters. The van der Waals surface area contributed by atoms with Crippen LogP contribution in [-0.4, -0.2) is 37.7 Å². The van der Waals surface area contributed by atoms with Crippen LogP contribution in [0.15, 0.2) is 0 Å². The van der Waals surface area contributed by atoms with Gasteiger partial charge in [0.2, 0.25) is 0 Å². The first-order chi connectivity index (χ1) is 10.5. The minimum absolute atomic E-state index is 0.0926. The quantitative estimate of drug-likeness (QED) is 0.568. The summed E-state index contributed by atoms with van der Waals surface area (Å²) in [4.78, 5) is 35.8. The van der Waals surface area contributed by atoms with Gasteiger partial charge in [-0.25, -0.2) is 0 Å². The summed E-state index contributed by atoms with van der Waals surface area (Å²) in [6.07, 6.45) is 2.02. The van der Waals surface area contributed by atoms with Gasteiger partial charge in [-0.05, 0) is 18.3 Å². The number of hydrogen-bond acceptors (Lipinski definition) is 6. The van der Waals surface area contributed by atoms with Gasteiger partial charge in [0.1, 0.15) is 12.7 Å². The maximum absolute atomic E-state index is 12.6. The Hall–Kier alpha value is -1.59. The van der Waals surface area contributed by atoms with E-state index in [2.05, 4.69) is 0 Å². The molecule has 0 aromatic carbocycles. The number of esters is 3. The molecule has 1 saturated heterocycles. The average molecular weight is 312 g/mol. The standard InChI is InChI=1S/C16H24O6/c1-4-9-6-10(5-2)14(13(9)15(18)20-3)16(19)22-11-7-12(17)21-8-11/h9-11,13-14H,4-8H2,1-3H3. The predicted molar refractivity (Wildman–Crippen MR) is 76.6 cm³/mol. The predicted octanol–water partition coefficient (Wildman–Crippen LogP) is 1.71. The fourth-order valence-corrected chi connectivity index (χ4v) is 3.73. The summed E-state index contributed by atoms with van der Waals surface area (Å²) in [6.45, 7) is 4.14. The van der Waals surface area contributed by atoms with Crippen molar-refractivity contribution in [3.8, 4) is 0 Å². The summed E-state index contributed by atoms with van der Waals surface area (Å²) >= 11 is 0. The van der Waals surface area contributed by atoms with Crippen molar-refractivity contribution in [3.63, 3.8) is 0 Å². The largest absolute Gasteiger partial charge is 0.469 e. The van der Waals surface area contributed by atoms with Crippen LogP contribution < -0.4 is 0 Å². The molecular weight excluding hydrogens is 288 g/mol. The van der Waals surface area contributed by atoms with E-state index >= 15 is 0 Å². The molecule has 1 aliphatic carbocycles. The van der Waals surface area contributed by atoms with Crippen molar-refractivity contribution >= 4 is 17.9 Å². The molecule has 0 N–H and O–H groups in total. The van der Waals surface area contributed by atoms with E-state index < -0.39 is 23.9 Å². The maximum atomic E-state index is 12.6. The Bertz CT molecular complexity index is 446. The Morgan fingerprint density at radius 1 is 1.14 bits per heavy atom. The fourth-order valence-electron chi connectivity index (χ4n) is 3.73. The topological polar surface area (TPSA) is 78.9 Å². The molecule has 1 aliphatic heterocycles. The summed E-state index contributed by atoms with van der Waals surface area (Å²) in [5, 5.41) is 0. The second-order valence-corrected chi connectivity index (χ2v) is 6.09. The zero-order chi connectivity index (χ0) is 16.3. The van der Waals surface area contributed by atoms with Crippen molar-refractivity contribution in [2.75, 3.05) is 13.7 Å². The third kappa shape index (κ3) is 3.25. The van der Waals surface area contributed by atoms with Crippen LogP contribution in [0, 0.1) is 23.7 Å². The highest BCUT2D eigenvalue weighted by Crippen LogP contribution is 2.46. The number of cyclic esters (lactones) is 1. The highest BCUT2D eigenvalue weighted by Gasteiger charge is 2.51. The zero-order valence-corrected chi connectivity index (χ0v) is 13.4. The van der Waals surface area contributed by atoms with Crippen molar-refractivity contribution in [2.24, 2.45) is 23.7 Å². The molecule has 5 unspecified atom stereocenters. The first-order valence-electron chi connectivity index (χ1n) is 7.95. The van der Waals surface area contributed by atoms with Crippen LogP contribution in [0.2, 0.25) is 0 Å². The van der Waals surface area contributed by atoms with Crippen molar-refractivity contribution in [3.05, 3.63) is 0 Å². The first-order valence-corrected chi connectivity index (χ1v) is 7.95. The lowest BCUT2D eigenvalue weighted by Gasteiger charge is -2.24. The van der Waals surface area contributed by atoms with Gasteiger partial charge < -0.3 is 14.2 Å². The minimum Gasteiger partial charge on any atom is -0.469 e. The van der Waals surface area contributed by atoms with Crippen molar-refractivity contribution in [2.45, 2.75) is 45.6 Å². The molecule has 0 amide bonds. The molecule has 22 heavy (non-hydrogen) atoms. The van der Waals surface area contributed by atoms with Gasteiger partial charge in [-0.3, -0.25) is 14.4 Å². The van der Waals surface area contributed by atoms with Gasteiger partial charge in [0.25, 0.3) is 0 Å². The number of hydrogen-bond donors (Lipinski definition) is 0. The lowest BCUT2D eigenvalue weighted by molar-refractivity contribution is -0.164. The molecule has 6 nitrogen and oxygen atoms in total. The molecule has 0 aromatic rings. The number of methoxy groups -OCH3 is 1. The van der Waals surface area contributed by atoms with E-state index in [1.807, 2.05) is 13.8 Å². The molecule has 0 bridgehead atoms. The summed E-state index contributed by atoms with van der Waals surface area (Å²) in [5.41, 5.74) is 0. The van der Waals surface area contributed by atoms with E-state index in [-0.39, 0.29) is 36.8 Å². The average Bonchev–Trinajstić information content (AvgIpc) is 3.09. The van der Waals surface area contributed by atoms with Crippen LogP contribution in [0.3, 0.4) is 0 Å². The molecule has 124 valence electrons. The second-order valence-electron chi connectivity index (χ2n) is 6.09. The number of carbonyl (C=O) groups excluding carboxylic acids is 3. The van der Waals surface area contributed by atoms with E-state index in [4.69, 9.17) is 14.2 Å². The van der Waals surface area contributed by atoms with Crippen LogP contribution in [0.25, 0.3) is 0 Å². The number of rotatable bonds is 5. The van der Waals surface area contributed by atoms with E-state index in [1.54, 1.807) is 0 Å². The van der Waals surface area contributed by atoms with Gasteiger partial charge in [0.05, 0.1) is 25.4 Å². The number of carbonyl (C=O) groups is 3. The molecule has 2 aliphatic rings.